The van der Waals surface area contributed by atoms with E-state index in [4.69, 9.17) is 0 Å². The molecular formula is C22H30N6OS. The Morgan fingerprint density at radius 1 is 1.30 bits per heavy atom. The molecule has 2 N–H and O–H groups in total. The molecule has 8 heteroatoms. The third-order valence-corrected chi connectivity index (χ3v) is 6.82. The number of thiazole rings is 1. The van der Waals surface area contributed by atoms with E-state index in [1.807, 2.05) is 24.7 Å². The Kier molecular flexibility index (Phi) is 6.64. The lowest BCUT2D eigenvalue weighted by Crippen LogP contribution is -2.44. The molecule has 3 aromatic heterocycles. The predicted molar refractivity (Wildman–Crippen MR) is 122 cm³/mol. The van der Waals surface area contributed by atoms with Gasteiger partial charge in [-0.15, -0.1) is 0 Å². The third-order valence-electron chi connectivity index (χ3n) is 5.77. The summed E-state index contributed by atoms with van der Waals surface area (Å²) in [5.41, 5.74) is 2.25. The number of unbranched alkanes of at least 4 members (excludes halogenated alkanes) is 1. The van der Waals surface area contributed by atoms with Crippen molar-refractivity contribution in [1.29, 1.82) is 0 Å². The molecule has 0 bridgehead atoms. The summed E-state index contributed by atoms with van der Waals surface area (Å²) in [5.74, 6) is -0.0181. The summed E-state index contributed by atoms with van der Waals surface area (Å²) >= 11 is 1.49. The van der Waals surface area contributed by atoms with Gasteiger partial charge < -0.3 is 20.1 Å². The van der Waals surface area contributed by atoms with E-state index >= 15 is 0 Å². The van der Waals surface area contributed by atoms with Crippen molar-refractivity contribution in [1.82, 2.24) is 25.2 Å². The van der Waals surface area contributed by atoms with Crippen LogP contribution in [0, 0.1) is 0 Å². The van der Waals surface area contributed by atoms with Crippen molar-refractivity contribution in [3.05, 3.63) is 41.3 Å². The molecule has 160 valence electrons. The van der Waals surface area contributed by atoms with Crippen LogP contribution in [0.5, 0.6) is 0 Å². The lowest BCUT2D eigenvalue weighted by molar-refractivity contribution is 0.0938. The fourth-order valence-corrected chi connectivity index (χ4v) is 4.78. The number of rotatable bonds is 8. The monoisotopic (exact) mass is 426 g/mol. The van der Waals surface area contributed by atoms with Gasteiger partial charge in [0, 0.05) is 50.0 Å². The van der Waals surface area contributed by atoms with Gasteiger partial charge >= 0.3 is 0 Å². The van der Waals surface area contributed by atoms with E-state index in [2.05, 4.69) is 44.0 Å². The molecule has 0 aromatic carbocycles. The molecule has 7 nitrogen and oxygen atoms in total. The van der Waals surface area contributed by atoms with E-state index in [0.717, 1.165) is 62.5 Å². The smallest absolute Gasteiger partial charge is 0.263 e. The first kappa shape index (κ1) is 20.8. The molecule has 1 aliphatic heterocycles. The topological polar surface area (TPSA) is 77.1 Å². The normalized spacial score (nSPS) is 16.1. The first-order chi connectivity index (χ1) is 14.6. The van der Waals surface area contributed by atoms with E-state index < -0.39 is 0 Å². The van der Waals surface area contributed by atoms with Gasteiger partial charge in [0.25, 0.3) is 5.91 Å². The van der Waals surface area contributed by atoms with Gasteiger partial charge in [-0.3, -0.25) is 9.78 Å². The van der Waals surface area contributed by atoms with Crippen LogP contribution in [-0.4, -0.2) is 65.0 Å². The third kappa shape index (κ3) is 4.82. The SMILES string of the molecule is CCCCC(Cc1c[nH]c2cnccc12)NC(=O)c1cnc(N2CCN(C)CC2)s1. The van der Waals surface area contributed by atoms with Crippen LogP contribution in [-0.2, 0) is 6.42 Å². The van der Waals surface area contributed by atoms with Crippen LogP contribution in [0.3, 0.4) is 0 Å². The minimum atomic E-state index is -0.0181. The molecule has 1 saturated heterocycles. The van der Waals surface area contributed by atoms with Gasteiger partial charge in [0.2, 0.25) is 0 Å². The van der Waals surface area contributed by atoms with Crippen LogP contribution in [0.2, 0.25) is 0 Å². The number of aromatic amines is 1. The fraction of sp³-hybridized carbons (Fsp3) is 0.500. The molecule has 4 heterocycles. The first-order valence-corrected chi connectivity index (χ1v) is 11.6. The van der Waals surface area contributed by atoms with Gasteiger partial charge in [0.1, 0.15) is 4.88 Å². The van der Waals surface area contributed by atoms with E-state index in [1.54, 1.807) is 6.20 Å². The molecule has 1 fully saturated rings. The molecular weight excluding hydrogens is 396 g/mol. The number of nitrogens with zero attached hydrogens (tertiary/aromatic N) is 4. The number of hydrogen-bond donors (Lipinski definition) is 2. The van der Waals surface area contributed by atoms with E-state index in [1.165, 1.54) is 22.3 Å². The Morgan fingerprint density at radius 2 is 2.13 bits per heavy atom. The quantitative estimate of drug-likeness (QED) is 0.578. The number of anilines is 1. The number of likely N-dealkylation sites (N-methyl/N-ethyl adjacent to an activating group) is 1. The second-order valence-corrected chi connectivity index (χ2v) is 9.06. The summed E-state index contributed by atoms with van der Waals surface area (Å²) in [4.78, 5) is 30.2. The van der Waals surface area contributed by atoms with E-state index in [-0.39, 0.29) is 11.9 Å². The summed E-state index contributed by atoms with van der Waals surface area (Å²) in [7, 11) is 2.14. The van der Waals surface area contributed by atoms with Crippen LogP contribution in [0.15, 0.2) is 30.9 Å². The summed E-state index contributed by atoms with van der Waals surface area (Å²) < 4.78 is 0. The van der Waals surface area contributed by atoms with Crippen LogP contribution < -0.4 is 10.2 Å². The van der Waals surface area contributed by atoms with Gasteiger partial charge in [-0.2, -0.15) is 0 Å². The lowest BCUT2D eigenvalue weighted by Gasteiger charge is -2.32. The first-order valence-electron chi connectivity index (χ1n) is 10.7. The molecule has 0 saturated carbocycles. The Labute approximate surface area is 181 Å². The highest BCUT2D eigenvalue weighted by Gasteiger charge is 2.21. The Balaban J connectivity index is 1.43. The Morgan fingerprint density at radius 3 is 2.93 bits per heavy atom. The highest BCUT2D eigenvalue weighted by atomic mass is 32.1. The molecule has 1 amide bonds. The largest absolute Gasteiger partial charge is 0.360 e. The van der Waals surface area contributed by atoms with Gasteiger partial charge in [-0.1, -0.05) is 31.1 Å². The molecule has 30 heavy (non-hydrogen) atoms. The van der Waals surface area contributed by atoms with Crippen molar-refractivity contribution in [3.63, 3.8) is 0 Å². The van der Waals surface area contributed by atoms with Crippen molar-refractivity contribution >= 4 is 33.3 Å². The highest BCUT2D eigenvalue weighted by molar-refractivity contribution is 7.17. The maximum absolute atomic E-state index is 13.0. The molecule has 0 radical (unpaired) electrons. The van der Waals surface area contributed by atoms with E-state index in [0.29, 0.717) is 4.88 Å². The number of piperazine rings is 1. The summed E-state index contributed by atoms with van der Waals surface area (Å²) in [6.07, 6.45) is 11.4. The van der Waals surface area contributed by atoms with Crippen molar-refractivity contribution < 1.29 is 4.79 Å². The van der Waals surface area contributed by atoms with Crippen LogP contribution in [0.25, 0.3) is 10.9 Å². The number of amides is 1. The van der Waals surface area contributed by atoms with Gasteiger partial charge in [0.05, 0.1) is 17.9 Å². The number of fused-ring (bicyclic) bond motifs is 1. The number of aromatic nitrogens is 3. The molecule has 0 spiro atoms. The lowest BCUT2D eigenvalue weighted by atomic mass is 10.0. The maximum atomic E-state index is 13.0. The van der Waals surface area contributed by atoms with Crippen LogP contribution >= 0.6 is 11.3 Å². The van der Waals surface area contributed by atoms with Crippen molar-refractivity contribution in [2.24, 2.45) is 0 Å². The van der Waals surface area contributed by atoms with Gasteiger partial charge in [-0.05, 0) is 31.5 Å². The second-order valence-electron chi connectivity index (χ2n) is 8.05. The zero-order valence-corrected chi connectivity index (χ0v) is 18.5. The molecule has 1 aliphatic rings. The van der Waals surface area contributed by atoms with Crippen molar-refractivity contribution in [3.8, 4) is 0 Å². The molecule has 0 aliphatic carbocycles. The number of pyridine rings is 1. The molecule has 3 aromatic rings. The van der Waals surface area contributed by atoms with Crippen molar-refractivity contribution in [2.45, 2.75) is 38.6 Å². The van der Waals surface area contributed by atoms with Crippen molar-refractivity contribution in [2.75, 3.05) is 38.1 Å². The number of carbonyl (C=O) groups excluding carboxylic acids is 1. The van der Waals surface area contributed by atoms with Gasteiger partial charge in [0.15, 0.2) is 5.13 Å². The Bertz CT molecular complexity index is 975. The average Bonchev–Trinajstić information content (AvgIpc) is 3.40. The van der Waals surface area contributed by atoms with Crippen LogP contribution in [0.4, 0.5) is 5.13 Å². The zero-order valence-electron chi connectivity index (χ0n) is 17.7. The molecule has 4 rings (SSSR count). The number of nitrogens with one attached hydrogen (secondary N) is 2. The number of hydrogen-bond acceptors (Lipinski definition) is 6. The van der Waals surface area contributed by atoms with E-state index in [9.17, 15) is 4.79 Å². The number of carbonyl (C=O) groups is 1. The average molecular weight is 427 g/mol. The van der Waals surface area contributed by atoms with Crippen LogP contribution in [0.1, 0.15) is 41.4 Å². The standard InChI is InChI=1S/C22H30N6OS/c1-3-4-5-17(12-16-13-24-19-14-23-7-6-18(16)19)26-21(29)20-15-25-22(30-20)28-10-8-27(2)9-11-28/h6-7,13-15,17,24H,3-5,8-12H2,1-2H3,(H,26,29). The zero-order chi connectivity index (χ0) is 20.9. The fourth-order valence-electron chi connectivity index (χ4n) is 3.91. The summed E-state index contributed by atoms with van der Waals surface area (Å²) in [5, 5.41) is 5.39. The highest BCUT2D eigenvalue weighted by Crippen LogP contribution is 2.24. The summed E-state index contributed by atoms with van der Waals surface area (Å²) in [6.45, 7) is 6.15. The second kappa shape index (κ2) is 9.57. The Hall–Kier alpha value is -2.45. The molecule has 1 unspecified atom stereocenters. The number of H-pyrrole nitrogens is 1. The maximum Gasteiger partial charge on any atom is 0.263 e. The predicted octanol–water partition coefficient (Wildman–Crippen LogP) is 3.30. The minimum absolute atomic E-state index is 0.0181. The van der Waals surface area contributed by atoms with Gasteiger partial charge in [-0.25, -0.2) is 4.98 Å². The minimum Gasteiger partial charge on any atom is -0.360 e. The molecule has 1 atom stereocenters. The summed E-state index contributed by atoms with van der Waals surface area (Å²) in [6, 6.07) is 2.13.